The second-order valence-corrected chi connectivity index (χ2v) is 6.49. The molecule has 7 heteroatoms. The molecule has 0 aliphatic rings. The lowest BCUT2D eigenvalue weighted by atomic mass is 10.0. The van der Waals surface area contributed by atoms with Crippen LogP contribution < -0.4 is 16.4 Å². The van der Waals surface area contributed by atoms with Gasteiger partial charge in [0.2, 0.25) is 5.71 Å². The van der Waals surface area contributed by atoms with E-state index >= 15 is 0 Å². The van der Waals surface area contributed by atoms with Crippen LogP contribution in [0.25, 0.3) is 22.2 Å². The highest BCUT2D eigenvalue weighted by Crippen LogP contribution is 2.36. The molecule has 0 saturated carbocycles. The Kier molecular flexibility index (Phi) is 4.41. The number of nitrogens with two attached hydrogens (primary N) is 1. The molecule has 4 rings (SSSR count). The van der Waals surface area contributed by atoms with Gasteiger partial charge in [-0.3, -0.25) is 0 Å². The molecule has 2 amide bonds. The molecule has 0 aliphatic carbocycles. The Labute approximate surface area is 161 Å². The molecule has 140 valence electrons. The van der Waals surface area contributed by atoms with Gasteiger partial charge in [0.15, 0.2) is 0 Å². The maximum absolute atomic E-state index is 12.2. The van der Waals surface area contributed by atoms with Gasteiger partial charge in [-0.05, 0) is 43.7 Å². The number of rotatable bonds is 3. The van der Waals surface area contributed by atoms with Gasteiger partial charge in [-0.25, -0.2) is 14.8 Å². The molecule has 0 atom stereocenters. The summed E-state index contributed by atoms with van der Waals surface area (Å²) < 4.78 is 5.69. The Hall–Kier alpha value is -3.87. The predicted molar refractivity (Wildman–Crippen MR) is 110 cm³/mol. The number of hydrogen-bond acceptors (Lipinski definition) is 5. The van der Waals surface area contributed by atoms with Crippen molar-refractivity contribution in [2.75, 3.05) is 16.4 Å². The lowest BCUT2D eigenvalue weighted by Gasteiger charge is -2.09. The van der Waals surface area contributed by atoms with Gasteiger partial charge in [0.25, 0.3) is 0 Å². The number of nitrogen functional groups attached to an aromatic ring is 1. The summed E-state index contributed by atoms with van der Waals surface area (Å²) >= 11 is 0. The fourth-order valence-electron chi connectivity index (χ4n) is 3.06. The van der Waals surface area contributed by atoms with Gasteiger partial charge < -0.3 is 20.8 Å². The third kappa shape index (κ3) is 3.37. The number of benzene rings is 2. The van der Waals surface area contributed by atoms with Crippen LogP contribution in [0, 0.1) is 13.8 Å². The van der Waals surface area contributed by atoms with Crippen molar-refractivity contribution in [3.05, 3.63) is 66.2 Å². The van der Waals surface area contributed by atoms with Crippen molar-refractivity contribution in [2.45, 2.75) is 13.8 Å². The van der Waals surface area contributed by atoms with Crippen LogP contribution >= 0.6 is 0 Å². The number of carbonyl (C=O) groups is 1. The van der Waals surface area contributed by atoms with Gasteiger partial charge in [0.05, 0.1) is 5.39 Å². The molecule has 4 N–H and O–H groups in total. The number of fused-ring (bicyclic) bond motifs is 1. The van der Waals surface area contributed by atoms with Crippen LogP contribution in [-0.4, -0.2) is 16.0 Å². The number of urea groups is 1. The molecule has 4 aromatic rings. The zero-order valence-corrected chi connectivity index (χ0v) is 15.5. The third-order valence-electron chi connectivity index (χ3n) is 4.43. The molecule has 0 bridgehead atoms. The number of furan rings is 1. The first-order valence-electron chi connectivity index (χ1n) is 8.76. The minimum Gasteiger partial charge on any atom is -0.442 e. The maximum Gasteiger partial charge on any atom is 0.323 e. The van der Waals surface area contributed by atoms with Crippen LogP contribution in [0.15, 0.2) is 59.3 Å². The summed E-state index contributed by atoms with van der Waals surface area (Å²) in [6.45, 7) is 3.85. The van der Waals surface area contributed by atoms with E-state index in [0.717, 1.165) is 22.4 Å². The standard InChI is InChI=1S/C21H19N5O2/c1-12-3-7-15(8-4-12)25-21(27)26-16-9-5-14(6-10-16)17-13(2)28-20-18(17)19(22)23-11-24-20/h3-11H,1-2H3,(H2,22,23,24)(H2,25,26,27). The smallest absolute Gasteiger partial charge is 0.323 e. The number of hydrogen-bond donors (Lipinski definition) is 3. The highest BCUT2D eigenvalue weighted by atomic mass is 16.3. The molecule has 0 saturated heterocycles. The van der Waals surface area contributed by atoms with E-state index in [9.17, 15) is 4.79 Å². The number of nitrogens with zero attached hydrogens (tertiary/aromatic N) is 2. The molecule has 0 spiro atoms. The Bertz CT molecular complexity index is 1150. The van der Waals surface area contributed by atoms with Crippen LogP contribution in [0.3, 0.4) is 0 Å². The molecular weight excluding hydrogens is 354 g/mol. The van der Waals surface area contributed by atoms with Crippen LogP contribution in [0.4, 0.5) is 22.0 Å². The summed E-state index contributed by atoms with van der Waals surface area (Å²) in [7, 11) is 0. The van der Waals surface area contributed by atoms with Gasteiger partial charge in [-0.15, -0.1) is 0 Å². The van der Waals surface area contributed by atoms with Crippen LogP contribution in [0.2, 0.25) is 0 Å². The van der Waals surface area contributed by atoms with Gasteiger partial charge >= 0.3 is 6.03 Å². The van der Waals surface area contributed by atoms with E-state index in [0.29, 0.717) is 28.4 Å². The molecule has 0 unspecified atom stereocenters. The Morgan fingerprint density at radius 1 is 0.929 bits per heavy atom. The number of amides is 2. The Balaban J connectivity index is 1.54. The number of anilines is 3. The van der Waals surface area contributed by atoms with Crippen molar-refractivity contribution in [3.8, 4) is 11.1 Å². The van der Waals surface area contributed by atoms with Gasteiger partial charge in [-0.1, -0.05) is 29.8 Å². The summed E-state index contributed by atoms with van der Waals surface area (Å²) in [6.07, 6.45) is 1.38. The lowest BCUT2D eigenvalue weighted by molar-refractivity contribution is 0.262. The first kappa shape index (κ1) is 17.5. The van der Waals surface area contributed by atoms with Gasteiger partial charge in [0.1, 0.15) is 17.9 Å². The average molecular weight is 373 g/mol. The summed E-state index contributed by atoms with van der Waals surface area (Å²) in [5.74, 6) is 1.08. The predicted octanol–water partition coefficient (Wildman–Crippen LogP) is 4.73. The average Bonchev–Trinajstić information content (AvgIpc) is 3.01. The van der Waals surface area contributed by atoms with Crippen molar-refractivity contribution in [1.82, 2.24) is 9.97 Å². The van der Waals surface area contributed by atoms with E-state index in [1.54, 1.807) is 0 Å². The summed E-state index contributed by atoms with van der Waals surface area (Å²) in [6, 6.07) is 14.7. The van der Waals surface area contributed by atoms with E-state index in [1.165, 1.54) is 6.33 Å². The zero-order chi connectivity index (χ0) is 19.7. The highest BCUT2D eigenvalue weighted by Gasteiger charge is 2.17. The second kappa shape index (κ2) is 7.03. The fourth-order valence-corrected chi connectivity index (χ4v) is 3.06. The molecule has 2 aromatic heterocycles. The minimum atomic E-state index is -0.306. The molecule has 0 aliphatic heterocycles. The summed E-state index contributed by atoms with van der Waals surface area (Å²) in [5, 5.41) is 6.31. The number of carbonyl (C=O) groups excluding carboxylic acids is 1. The van der Waals surface area contributed by atoms with Crippen molar-refractivity contribution in [3.63, 3.8) is 0 Å². The van der Waals surface area contributed by atoms with Crippen LogP contribution in [0.1, 0.15) is 11.3 Å². The Morgan fingerprint density at radius 3 is 2.18 bits per heavy atom. The number of nitrogens with one attached hydrogen (secondary N) is 2. The second-order valence-electron chi connectivity index (χ2n) is 6.49. The molecule has 0 radical (unpaired) electrons. The molecule has 7 nitrogen and oxygen atoms in total. The molecule has 2 heterocycles. The fraction of sp³-hybridized carbons (Fsp3) is 0.0952. The SMILES string of the molecule is Cc1ccc(NC(=O)Nc2ccc(-c3c(C)oc4ncnc(N)c34)cc2)cc1. The molecule has 0 fully saturated rings. The van der Waals surface area contributed by atoms with Crippen molar-refractivity contribution in [1.29, 1.82) is 0 Å². The first-order valence-corrected chi connectivity index (χ1v) is 8.76. The van der Waals surface area contributed by atoms with E-state index in [1.807, 2.05) is 62.4 Å². The normalized spacial score (nSPS) is 10.8. The lowest BCUT2D eigenvalue weighted by Crippen LogP contribution is -2.19. The number of aromatic nitrogens is 2. The van der Waals surface area contributed by atoms with Crippen LogP contribution in [0.5, 0.6) is 0 Å². The monoisotopic (exact) mass is 373 g/mol. The highest BCUT2D eigenvalue weighted by molar-refractivity contribution is 6.02. The summed E-state index contributed by atoms with van der Waals surface area (Å²) in [4.78, 5) is 20.4. The first-order chi connectivity index (χ1) is 13.5. The topological polar surface area (TPSA) is 106 Å². The molecule has 28 heavy (non-hydrogen) atoms. The van der Waals surface area contributed by atoms with Crippen LogP contribution in [-0.2, 0) is 0 Å². The largest absolute Gasteiger partial charge is 0.442 e. The van der Waals surface area contributed by atoms with E-state index in [4.69, 9.17) is 10.2 Å². The van der Waals surface area contributed by atoms with E-state index in [-0.39, 0.29) is 6.03 Å². The van der Waals surface area contributed by atoms with Crippen molar-refractivity contribution >= 4 is 34.3 Å². The third-order valence-corrected chi connectivity index (χ3v) is 4.43. The number of aryl methyl sites for hydroxylation is 2. The zero-order valence-electron chi connectivity index (χ0n) is 15.5. The summed E-state index contributed by atoms with van der Waals surface area (Å²) in [5.41, 5.74) is 10.8. The van der Waals surface area contributed by atoms with Gasteiger partial charge in [0, 0.05) is 16.9 Å². The van der Waals surface area contributed by atoms with Gasteiger partial charge in [-0.2, -0.15) is 0 Å². The minimum absolute atomic E-state index is 0.306. The van der Waals surface area contributed by atoms with Crippen molar-refractivity contribution < 1.29 is 9.21 Å². The molecule has 2 aromatic carbocycles. The molecular formula is C21H19N5O2. The van der Waals surface area contributed by atoms with Crippen molar-refractivity contribution in [2.24, 2.45) is 0 Å². The Morgan fingerprint density at radius 2 is 1.54 bits per heavy atom. The maximum atomic E-state index is 12.2. The van der Waals surface area contributed by atoms with E-state index < -0.39 is 0 Å². The van der Waals surface area contributed by atoms with E-state index in [2.05, 4.69) is 20.6 Å². The quantitative estimate of drug-likeness (QED) is 0.481.